The summed E-state index contributed by atoms with van der Waals surface area (Å²) in [4.78, 5) is 40.9. The molecule has 1 unspecified atom stereocenters. The first kappa shape index (κ1) is 28.7. The fourth-order valence-electron chi connectivity index (χ4n) is 5.31. The predicted octanol–water partition coefficient (Wildman–Crippen LogP) is 3.50. The van der Waals surface area contributed by atoms with E-state index in [0.29, 0.717) is 38.9 Å². The molecule has 8 heteroatoms. The van der Waals surface area contributed by atoms with Gasteiger partial charge in [0.05, 0.1) is 17.3 Å². The number of hydrogen-bond acceptors (Lipinski definition) is 6. The van der Waals surface area contributed by atoms with E-state index in [4.69, 9.17) is 10.6 Å². The van der Waals surface area contributed by atoms with Crippen LogP contribution in [0.15, 0.2) is 36.4 Å². The number of carbonyl (C=O) groups excluding carboxylic acids is 3. The molecule has 1 heterocycles. The second-order valence-corrected chi connectivity index (χ2v) is 10.3. The number of amides is 2. The summed E-state index contributed by atoms with van der Waals surface area (Å²) in [6.07, 6.45) is 5.37. The number of carbonyl (C=O) groups is 3. The van der Waals surface area contributed by atoms with E-state index in [-0.39, 0.29) is 23.5 Å². The van der Waals surface area contributed by atoms with Crippen LogP contribution in [-0.4, -0.2) is 36.0 Å². The quantitative estimate of drug-likeness (QED) is 0.154. The van der Waals surface area contributed by atoms with Gasteiger partial charge in [-0.2, -0.15) is 0 Å². The van der Waals surface area contributed by atoms with Gasteiger partial charge in [-0.1, -0.05) is 70.2 Å². The van der Waals surface area contributed by atoms with Crippen LogP contribution in [0.25, 0.3) is 6.08 Å². The molecule has 8 nitrogen and oxygen atoms in total. The van der Waals surface area contributed by atoms with E-state index in [1.165, 1.54) is 0 Å². The number of rotatable bonds is 12. The first-order chi connectivity index (χ1) is 16.7. The van der Waals surface area contributed by atoms with Crippen LogP contribution in [0.4, 0.5) is 0 Å². The molecule has 194 valence electrons. The Bertz CT molecular complexity index is 865. The monoisotopic (exact) mass is 487 g/mol. The van der Waals surface area contributed by atoms with Crippen molar-refractivity contribution in [3.63, 3.8) is 0 Å². The molecule has 0 radical (unpaired) electrons. The van der Waals surface area contributed by atoms with Crippen molar-refractivity contribution in [1.29, 1.82) is 0 Å². The fraction of sp³-hybridized carbons (Fsp3) is 0.593. The summed E-state index contributed by atoms with van der Waals surface area (Å²) in [5, 5.41) is 9.80. The molecule has 2 rings (SSSR count). The first-order valence-corrected chi connectivity index (χ1v) is 12.5. The molecular formula is C27H41N3O5. The average Bonchev–Trinajstić information content (AvgIpc) is 2.86. The molecular weight excluding hydrogens is 446 g/mol. The Morgan fingerprint density at radius 2 is 1.71 bits per heavy atom. The molecule has 5 N–H and O–H groups in total. The number of hydroxylamine groups is 1. The number of hydrazine groups is 1. The molecule has 1 saturated heterocycles. The van der Waals surface area contributed by atoms with Crippen LogP contribution in [0.5, 0.6) is 0 Å². The molecule has 1 aliphatic heterocycles. The summed E-state index contributed by atoms with van der Waals surface area (Å²) in [6, 6.07) is 9.51. The van der Waals surface area contributed by atoms with E-state index in [0.717, 1.165) is 5.56 Å². The molecule has 1 aromatic rings. The van der Waals surface area contributed by atoms with Crippen molar-refractivity contribution in [2.75, 3.05) is 13.2 Å². The maximum Gasteiger partial charge on any atom is 0.248 e. The van der Waals surface area contributed by atoms with E-state index < -0.39 is 29.1 Å². The van der Waals surface area contributed by atoms with Crippen LogP contribution in [0.2, 0.25) is 0 Å². The number of ether oxygens (including phenoxy) is 1. The molecule has 35 heavy (non-hydrogen) atoms. The molecule has 0 saturated carbocycles. The van der Waals surface area contributed by atoms with Gasteiger partial charge in [-0.05, 0) is 43.1 Å². The summed E-state index contributed by atoms with van der Waals surface area (Å²) in [7, 11) is 0. The molecule has 1 fully saturated rings. The van der Waals surface area contributed by atoms with E-state index in [1.807, 2.05) is 64.1 Å². The van der Waals surface area contributed by atoms with Gasteiger partial charge >= 0.3 is 0 Å². The molecule has 3 atom stereocenters. The van der Waals surface area contributed by atoms with Crippen molar-refractivity contribution >= 4 is 23.7 Å². The fourth-order valence-corrected chi connectivity index (χ4v) is 5.31. The van der Waals surface area contributed by atoms with Crippen molar-refractivity contribution in [2.24, 2.45) is 40.8 Å². The zero-order chi connectivity index (χ0) is 26.0. The Labute approximate surface area is 208 Å². The number of hydrogen-bond donors (Lipinski definition) is 4. The van der Waals surface area contributed by atoms with E-state index in [9.17, 15) is 19.6 Å². The Morgan fingerprint density at radius 1 is 1.09 bits per heavy atom. The second-order valence-electron chi connectivity index (χ2n) is 10.3. The Kier molecular flexibility index (Phi) is 11.1. The topological polar surface area (TPSA) is 131 Å². The highest BCUT2D eigenvalue weighted by Gasteiger charge is 2.54. The smallest absolute Gasteiger partial charge is 0.248 e. The zero-order valence-corrected chi connectivity index (χ0v) is 21.3. The lowest BCUT2D eigenvalue weighted by Crippen LogP contribution is -2.55. The molecule has 1 aliphatic rings. The SMILES string of the molecule is CC(C)C[C@@H](C(=O)NN)[C@H](C(=O)NO)C(/C=C/c1ccccc1)(CC(C)C)C(=O)C1CCOCC1. The van der Waals surface area contributed by atoms with Gasteiger partial charge in [0.15, 0.2) is 0 Å². The Morgan fingerprint density at radius 3 is 2.23 bits per heavy atom. The van der Waals surface area contributed by atoms with Gasteiger partial charge in [-0.25, -0.2) is 11.3 Å². The summed E-state index contributed by atoms with van der Waals surface area (Å²) < 4.78 is 5.49. The summed E-state index contributed by atoms with van der Waals surface area (Å²) in [6.45, 7) is 8.77. The minimum absolute atomic E-state index is 0.0221. The van der Waals surface area contributed by atoms with Gasteiger partial charge in [0.2, 0.25) is 11.8 Å². The zero-order valence-electron chi connectivity index (χ0n) is 21.3. The predicted molar refractivity (Wildman–Crippen MR) is 135 cm³/mol. The lowest BCUT2D eigenvalue weighted by molar-refractivity contribution is -0.153. The number of benzene rings is 1. The van der Waals surface area contributed by atoms with E-state index in [1.54, 1.807) is 11.6 Å². The van der Waals surface area contributed by atoms with Crippen molar-refractivity contribution < 1.29 is 24.3 Å². The Hall–Kier alpha value is -2.55. The number of allylic oxidation sites excluding steroid dienone is 1. The van der Waals surface area contributed by atoms with Gasteiger partial charge in [-0.3, -0.25) is 25.0 Å². The lowest BCUT2D eigenvalue weighted by Gasteiger charge is -2.43. The minimum atomic E-state index is -1.34. The standard InChI is InChI=1S/C27H41N3O5/c1-18(2)16-22(25(32)29-28)23(26(33)30-34)27(17-19(3)4,13-10-20-8-6-5-7-9-20)24(31)21-11-14-35-15-12-21/h5-10,13,18-19,21-23,34H,11-12,14-17,28H2,1-4H3,(H,29,32)(H,30,33)/b13-10+/t22-,23-,27?/m1/s1. The first-order valence-electron chi connectivity index (χ1n) is 12.5. The molecule has 0 bridgehead atoms. The number of nitrogens with two attached hydrogens (primary N) is 1. The third kappa shape index (κ3) is 7.46. The number of ketones is 1. The number of nitrogens with one attached hydrogen (secondary N) is 2. The second kappa shape index (κ2) is 13.5. The van der Waals surface area contributed by atoms with Gasteiger partial charge in [-0.15, -0.1) is 0 Å². The molecule has 0 spiro atoms. The van der Waals surface area contributed by atoms with Crippen molar-refractivity contribution in [3.8, 4) is 0 Å². The maximum atomic E-state index is 14.4. The van der Waals surface area contributed by atoms with Crippen molar-refractivity contribution in [1.82, 2.24) is 10.9 Å². The van der Waals surface area contributed by atoms with E-state index >= 15 is 0 Å². The molecule has 1 aromatic carbocycles. The average molecular weight is 488 g/mol. The largest absolute Gasteiger partial charge is 0.381 e. The van der Waals surface area contributed by atoms with Crippen LogP contribution in [0, 0.1) is 35.0 Å². The minimum Gasteiger partial charge on any atom is -0.381 e. The highest BCUT2D eigenvalue weighted by molar-refractivity contribution is 5.98. The molecule has 0 aromatic heterocycles. The van der Waals surface area contributed by atoms with Gasteiger partial charge in [0.25, 0.3) is 0 Å². The van der Waals surface area contributed by atoms with E-state index in [2.05, 4.69) is 5.43 Å². The van der Waals surface area contributed by atoms with Crippen LogP contribution in [0.3, 0.4) is 0 Å². The van der Waals surface area contributed by atoms with Crippen LogP contribution < -0.4 is 16.7 Å². The normalized spacial score (nSPS) is 18.3. The lowest BCUT2D eigenvalue weighted by atomic mass is 9.58. The Balaban J connectivity index is 2.79. The third-order valence-corrected chi connectivity index (χ3v) is 6.72. The van der Waals surface area contributed by atoms with Crippen molar-refractivity contribution in [3.05, 3.63) is 42.0 Å². The highest BCUT2D eigenvalue weighted by Crippen LogP contribution is 2.47. The van der Waals surface area contributed by atoms with Gasteiger partial charge < -0.3 is 4.74 Å². The number of Topliss-reactive ketones (excluding diaryl/α,β-unsaturated/α-hetero) is 1. The van der Waals surface area contributed by atoms with Gasteiger partial charge in [0, 0.05) is 19.1 Å². The molecule has 2 amide bonds. The van der Waals surface area contributed by atoms with Gasteiger partial charge in [0.1, 0.15) is 5.78 Å². The van der Waals surface area contributed by atoms with Crippen LogP contribution >= 0.6 is 0 Å². The van der Waals surface area contributed by atoms with Crippen LogP contribution in [0.1, 0.15) is 58.9 Å². The van der Waals surface area contributed by atoms with Crippen LogP contribution in [-0.2, 0) is 19.1 Å². The summed E-state index contributed by atoms with van der Waals surface area (Å²) in [5.41, 5.74) is 3.48. The highest BCUT2D eigenvalue weighted by atomic mass is 16.5. The maximum absolute atomic E-state index is 14.4. The summed E-state index contributed by atoms with van der Waals surface area (Å²) in [5.74, 6) is 1.80. The summed E-state index contributed by atoms with van der Waals surface area (Å²) >= 11 is 0. The third-order valence-electron chi connectivity index (χ3n) is 6.72. The molecule has 0 aliphatic carbocycles. The van der Waals surface area contributed by atoms with Crippen molar-refractivity contribution in [2.45, 2.75) is 53.4 Å².